The Morgan fingerprint density at radius 2 is 1.88 bits per heavy atom. The van der Waals surface area contributed by atoms with Crippen LogP contribution in [-0.4, -0.2) is 32.3 Å². The van der Waals surface area contributed by atoms with E-state index < -0.39 is 0 Å². The van der Waals surface area contributed by atoms with Gasteiger partial charge in [-0.15, -0.1) is 10.2 Å². The highest BCUT2D eigenvalue weighted by atomic mass is 79.9. The van der Waals surface area contributed by atoms with Gasteiger partial charge in [0.05, 0.1) is 11.8 Å². The van der Waals surface area contributed by atoms with Gasteiger partial charge in [-0.2, -0.15) is 0 Å². The molecule has 2 aromatic carbocycles. The van der Waals surface area contributed by atoms with Crippen LogP contribution in [0.2, 0.25) is 0 Å². The maximum absolute atomic E-state index is 12.7. The lowest BCUT2D eigenvalue weighted by Gasteiger charge is -2.16. The van der Waals surface area contributed by atoms with E-state index in [1.165, 1.54) is 11.8 Å². The van der Waals surface area contributed by atoms with Crippen molar-refractivity contribution in [2.24, 2.45) is 0 Å². The largest absolute Gasteiger partial charge is 0.342 e. The first kappa shape index (κ1) is 26.0. The number of aromatic nitrogens is 3. The molecule has 2 N–H and O–H groups in total. The van der Waals surface area contributed by atoms with Crippen molar-refractivity contribution < 1.29 is 9.59 Å². The molecule has 7 nitrogen and oxygen atoms in total. The standard InChI is InChI=1S/C25H30BrN5O2S/c1-6-31-23(17(5)27-24(33)18-9-7-8-16(4)12-18)29-30-25(31)34-14-22(32)28-21-11-10-19(26)13-20(21)15(2)3/h7-13,15,17H,6,14H2,1-5H3,(H,27,33)(H,28,32)/t17-/m1/s1. The molecule has 0 bridgehead atoms. The average Bonchev–Trinajstić information content (AvgIpc) is 3.21. The van der Waals surface area contributed by atoms with E-state index in [0.717, 1.165) is 21.3 Å². The van der Waals surface area contributed by atoms with Crippen LogP contribution in [0.4, 0.5) is 5.69 Å². The fourth-order valence-electron chi connectivity index (χ4n) is 3.60. The molecule has 0 spiro atoms. The van der Waals surface area contributed by atoms with Gasteiger partial charge in [-0.25, -0.2) is 0 Å². The number of nitrogens with one attached hydrogen (secondary N) is 2. The average molecular weight is 545 g/mol. The summed E-state index contributed by atoms with van der Waals surface area (Å²) in [5.41, 5.74) is 3.52. The van der Waals surface area contributed by atoms with Crippen LogP contribution < -0.4 is 10.6 Å². The first-order chi connectivity index (χ1) is 16.2. The van der Waals surface area contributed by atoms with Crippen LogP contribution >= 0.6 is 27.7 Å². The highest BCUT2D eigenvalue weighted by Crippen LogP contribution is 2.28. The Morgan fingerprint density at radius 1 is 1.12 bits per heavy atom. The first-order valence-electron chi connectivity index (χ1n) is 11.2. The molecule has 180 valence electrons. The van der Waals surface area contributed by atoms with Crippen LogP contribution in [0.5, 0.6) is 0 Å². The van der Waals surface area contributed by atoms with Crippen LogP contribution in [-0.2, 0) is 11.3 Å². The summed E-state index contributed by atoms with van der Waals surface area (Å²) in [7, 11) is 0. The molecule has 0 saturated heterocycles. The number of hydrogen-bond donors (Lipinski definition) is 2. The minimum Gasteiger partial charge on any atom is -0.342 e. The predicted octanol–water partition coefficient (Wildman–Crippen LogP) is 5.71. The lowest BCUT2D eigenvalue weighted by molar-refractivity contribution is -0.113. The molecule has 0 aliphatic heterocycles. The van der Waals surface area contributed by atoms with E-state index >= 15 is 0 Å². The first-order valence-corrected chi connectivity index (χ1v) is 13.0. The molecular weight excluding hydrogens is 514 g/mol. The monoisotopic (exact) mass is 543 g/mol. The third-order valence-electron chi connectivity index (χ3n) is 5.32. The highest BCUT2D eigenvalue weighted by Gasteiger charge is 2.20. The van der Waals surface area contributed by atoms with Gasteiger partial charge in [0.15, 0.2) is 11.0 Å². The molecule has 9 heteroatoms. The van der Waals surface area contributed by atoms with Crippen molar-refractivity contribution in [1.29, 1.82) is 0 Å². The van der Waals surface area contributed by atoms with Crippen molar-refractivity contribution in [2.45, 2.75) is 58.3 Å². The summed E-state index contributed by atoms with van der Waals surface area (Å²) in [5, 5.41) is 15.2. The van der Waals surface area contributed by atoms with Crippen LogP contribution in [0, 0.1) is 6.92 Å². The Hall–Kier alpha value is -2.65. The Morgan fingerprint density at radius 3 is 2.56 bits per heavy atom. The second-order valence-corrected chi connectivity index (χ2v) is 10.2. The van der Waals surface area contributed by atoms with Crippen molar-refractivity contribution >= 4 is 45.2 Å². The van der Waals surface area contributed by atoms with E-state index in [-0.39, 0.29) is 29.5 Å². The van der Waals surface area contributed by atoms with Gasteiger partial charge in [-0.05, 0) is 62.6 Å². The van der Waals surface area contributed by atoms with E-state index in [1.54, 1.807) is 6.07 Å². The predicted molar refractivity (Wildman–Crippen MR) is 140 cm³/mol. The number of carbonyl (C=O) groups is 2. The van der Waals surface area contributed by atoms with E-state index in [0.29, 0.717) is 23.1 Å². The number of benzene rings is 2. The quantitative estimate of drug-likeness (QED) is 0.337. The van der Waals surface area contributed by atoms with Crippen molar-refractivity contribution in [1.82, 2.24) is 20.1 Å². The van der Waals surface area contributed by atoms with Crippen LogP contribution in [0.3, 0.4) is 0 Å². The molecule has 0 saturated carbocycles. The number of rotatable bonds is 9. The lowest BCUT2D eigenvalue weighted by atomic mass is 10.0. The summed E-state index contributed by atoms with van der Waals surface area (Å²) in [6, 6.07) is 13.0. The number of aryl methyl sites for hydroxylation is 1. The van der Waals surface area contributed by atoms with Gasteiger partial charge in [0.2, 0.25) is 5.91 Å². The van der Waals surface area contributed by atoms with Gasteiger partial charge in [0.1, 0.15) is 0 Å². The molecule has 0 aliphatic carbocycles. The Kier molecular flexibility index (Phi) is 8.90. The zero-order valence-electron chi connectivity index (χ0n) is 20.1. The van der Waals surface area contributed by atoms with E-state index in [9.17, 15) is 9.59 Å². The number of halogens is 1. The van der Waals surface area contributed by atoms with Crippen molar-refractivity contribution in [2.75, 3.05) is 11.1 Å². The number of nitrogens with zero attached hydrogens (tertiary/aromatic N) is 3. The summed E-state index contributed by atoms with van der Waals surface area (Å²) in [6.07, 6.45) is 0. The van der Waals surface area contributed by atoms with Gasteiger partial charge in [0.25, 0.3) is 5.91 Å². The fraction of sp³-hybridized carbons (Fsp3) is 0.360. The van der Waals surface area contributed by atoms with E-state index in [1.807, 2.05) is 61.7 Å². The summed E-state index contributed by atoms with van der Waals surface area (Å²) in [6.45, 7) is 10.6. The molecule has 1 aromatic heterocycles. The van der Waals surface area contributed by atoms with E-state index in [4.69, 9.17) is 0 Å². The summed E-state index contributed by atoms with van der Waals surface area (Å²) in [4.78, 5) is 25.3. The highest BCUT2D eigenvalue weighted by molar-refractivity contribution is 9.10. The summed E-state index contributed by atoms with van der Waals surface area (Å²) >= 11 is 4.82. The third-order valence-corrected chi connectivity index (χ3v) is 6.78. The molecule has 0 fully saturated rings. The zero-order valence-corrected chi connectivity index (χ0v) is 22.5. The molecule has 0 radical (unpaired) electrons. The molecule has 1 heterocycles. The summed E-state index contributed by atoms with van der Waals surface area (Å²) in [5.74, 6) is 0.868. The number of hydrogen-bond acceptors (Lipinski definition) is 5. The van der Waals surface area contributed by atoms with Crippen LogP contribution in [0.15, 0.2) is 52.1 Å². The van der Waals surface area contributed by atoms with E-state index in [2.05, 4.69) is 50.6 Å². The molecule has 2 amide bonds. The van der Waals surface area contributed by atoms with Crippen LogP contribution in [0.1, 0.15) is 67.0 Å². The SMILES string of the molecule is CCn1c(SCC(=O)Nc2ccc(Br)cc2C(C)C)nnc1[C@@H](C)NC(=O)c1cccc(C)c1. The Labute approximate surface area is 213 Å². The molecule has 3 rings (SSSR count). The second kappa shape index (κ2) is 11.7. The Balaban J connectivity index is 1.65. The molecular formula is C25H30BrN5O2S. The zero-order chi connectivity index (χ0) is 24.8. The van der Waals surface area contributed by atoms with Crippen LogP contribution in [0.25, 0.3) is 0 Å². The smallest absolute Gasteiger partial charge is 0.251 e. The van der Waals surface area contributed by atoms with Crippen molar-refractivity contribution in [3.63, 3.8) is 0 Å². The maximum Gasteiger partial charge on any atom is 0.251 e. The number of anilines is 1. The molecule has 1 atom stereocenters. The van der Waals surface area contributed by atoms with Crippen molar-refractivity contribution in [3.8, 4) is 0 Å². The normalized spacial score (nSPS) is 12.0. The van der Waals surface area contributed by atoms with Gasteiger partial charge in [-0.3, -0.25) is 9.59 Å². The lowest BCUT2D eigenvalue weighted by Crippen LogP contribution is -2.28. The van der Waals surface area contributed by atoms with Gasteiger partial charge in [-0.1, -0.05) is 59.2 Å². The number of carbonyl (C=O) groups excluding carboxylic acids is 2. The van der Waals surface area contributed by atoms with Gasteiger partial charge in [0, 0.05) is 22.3 Å². The molecule has 34 heavy (non-hydrogen) atoms. The summed E-state index contributed by atoms with van der Waals surface area (Å²) < 4.78 is 2.91. The Bertz CT molecular complexity index is 1180. The van der Waals surface area contributed by atoms with Crippen molar-refractivity contribution in [3.05, 3.63) is 69.5 Å². The van der Waals surface area contributed by atoms with Gasteiger partial charge < -0.3 is 15.2 Å². The number of thioether (sulfide) groups is 1. The maximum atomic E-state index is 12.7. The fourth-order valence-corrected chi connectivity index (χ4v) is 4.78. The number of amides is 2. The topological polar surface area (TPSA) is 88.9 Å². The van der Waals surface area contributed by atoms with Gasteiger partial charge >= 0.3 is 0 Å². The molecule has 0 aliphatic rings. The second-order valence-electron chi connectivity index (χ2n) is 8.37. The molecule has 3 aromatic rings. The minimum absolute atomic E-state index is 0.109. The minimum atomic E-state index is -0.333. The molecule has 0 unspecified atom stereocenters. The third kappa shape index (κ3) is 6.48.